The Morgan fingerprint density at radius 3 is 0.981 bits per heavy atom. The third kappa shape index (κ3) is 36.4. The molecule has 1 N–H and O–H groups in total. The van der Waals surface area contributed by atoms with Gasteiger partial charge < -0.3 is 18.9 Å². The zero-order valence-corrected chi connectivity index (χ0v) is 36.4. The van der Waals surface area contributed by atoms with Gasteiger partial charge in [0.1, 0.15) is 0 Å². The fourth-order valence-corrected chi connectivity index (χ4v) is 7.45. The quantitative estimate of drug-likeness (QED) is 0.0278. The summed E-state index contributed by atoms with van der Waals surface area (Å²) >= 11 is 0. The van der Waals surface area contributed by atoms with Crippen LogP contribution < -0.4 is 0 Å². The predicted octanol–water partition coefficient (Wildman–Crippen LogP) is 13.0. The zero-order chi connectivity index (χ0) is 40.0. The van der Waals surface area contributed by atoms with Gasteiger partial charge in [0, 0.05) is 0 Å². The molecule has 0 amide bonds. The molecule has 0 saturated heterocycles. The fourth-order valence-electron chi connectivity index (χ4n) is 6.80. The molecule has 0 aromatic carbocycles. The molecule has 0 bridgehead atoms. The van der Waals surface area contributed by atoms with Gasteiger partial charge in [-0.05, 0) is 26.7 Å². The standard InChI is InChI=1S/C44H86O9S/c1-5-7-9-11-13-15-17-19-21-23-25-27-29-31-33-35-37-50-40(3)52-43(45)39-42(54(47,48)49)44(46)53-41(4)51-38-36-34-32-30-28-26-24-22-20-18-16-14-12-10-8-6-2/h40-42H,5-39H2,1-4H3,(H,47,48,49). The molecule has 10 heteroatoms. The normalized spacial score (nSPS) is 13.5. The molecule has 54 heavy (non-hydrogen) atoms. The summed E-state index contributed by atoms with van der Waals surface area (Å²) < 4.78 is 54.8. The third-order valence-electron chi connectivity index (χ3n) is 10.3. The van der Waals surface area contributed by atoms with Gasteiger partial charge >= 0.3 is 11.9 Å². The highest BCUT2D eigenvalue weighted by Crippen LogP contribution is 2.17. The number of carbonyl (C=O) groups excluding carboxylic acids is 2. The second-order valence-corrected chi connectivity index (χ2v) is 17.2. The van der Waals surface area contributed by atoms with Gasteiger partial charge in [-0.15, -0.1) is 0 Å². The maximum atomic E-state index is 12.6. The Kier molecular flexibility index (Phi) is 37.8. The number of carbonyl (C=O) groups is 2. The van der Waals surface area contributed by atoms with Gasteiger partial charge in [0.05, 0.1) is 19.6 Å². The van der Waals surface area contributed by atoms with Crippen LogP contribution in [0.2, 0.25) is 0 Å². The van der Waals surface area contributed by atoms with Crippen LogP contribution in [0.1, 0.15) is 240 Å². The van der Waals surface area contributed by atoms with E-state index in [2.05, 4.69) is 13.8 Å². The van der Waals surface area contributed by atoms with E-state index >= 15 is 0 Å². The first kappa shape index (κ1) is 52.8. The minimum absolute atomic E-state index is 0.361. The molecule has 0 fully saturated rings. The van der Waals surface area contributed by atoms with Crippen molar-refractivity contribution in [1.82, 2.24) is 0 Å². The minimum Gasteiger partial charge on any atom is -0.436 e. The average Bonchev–Trinajstić information content (AvgIpc) is 3.12. The summed E-state index contributed by atoms with van der Waals surface area (Å²) in [6.45, 7) is 8.31. The summed E-state index contributed by atoms with van der Waals surface area (Å²) in [5.41, 5.74) is 0. The molecule has 0 rings (SSSR count). The Hall–Kier alpha value is -1.23. The molecule has 0 aliphatic rings. The molecule has 0 aliphatic carbocycles. The lowest BCUT2D eigenvalue weighted by Gasteiger charge is -2.19. The van der Waals surface area contributed by atoms with E-state index in [9.17, 15) is 22.6 Å². The largest absolute Gasteiger partial charge is 0.436 e. The average molecular weight is 791 g/mol. The topological polar surface area (TPSA) is 125 Å². The monoisotopic (exact) mass is 791 g/mol. The SMILES string of the molecule is CCCCCCCCCCCCCCCCCCOC(C)OC(=O)CC(C(=O)OC(C)OCCCCCCCCCCCCCCCCCC)S(=O)(=O)O. The predicted molar refractivity (Wildman–Crippen MR) is 222 cm³/mol. The van der Waals surface area contributed by atoms with E-state index in [1.807, 2.05) is 0 Å². The molecule has 0 radical (unpaired) electrons. The fraction of sp³-hybridized carbons (Fsp3) is 0.955. The van der Waals surface area contributed by atoms with E-state index in [0.717, 1.165) is 38.5 Å². The Morgan fingerprint density at radius 2 is 0.704 bits per heavy atom. The number of hydrogen-bond donors (Lipinski definition) is 1. The second-order valence-electron chi connectivity index (χ2n) is 15.6. The van der Waals surface area contributed by atoms with Crippen molar-refractivity contribution < 1.29 is 41.5 Å². The maximum Gasteiger partial charge on any atom is 0.329 e. The van der Waals surface area contributed by atoms with Crippen molar-refractivity contribution in [2.45, 2.75) is 257 Å². The molecule has 0 aromatic rings. The lowest BCUT2D eigenvalue weighted by molar-refractivity contribution is -0.181. The molecule has 322 valence electrons. The zero-order valence-electron chi connectivity index (χ0n) is 35.6. The van der Waals surface area contributed by atoms with Crippen molar-refractivity contribution in [3.05, 3.63) is 0 Å². The summed E-state index contributed by atoms with van der Waals surface area (Å²) in [5.74, 6) is -2.23. The van der Waals surface area contributed by atoms with E-state index in [4.69, 9.17) is 18.9 Å². The van der Waals surface area contributed by atoms with E-state index in [-0.39, 0.29) is 0 Å². The second kappa shape index (κ2) is 38.6. The number of esters is 2. The van der Waals surface area contributed by atoms with Crippen LogP contribution in [-0.4, -0.2) is 56.0 Å². The van der Waals surface area contributed by atoms with E-state index in [0.29, 0.717) is 13.2 Å². The van der Waals surface area contributed by atoms with Crippen LogP contribution in [0.5, 0.6) is 0 Å². The molecule has 0 aromatic heterocycles. The summed E-state index contributed by atoms with van der Waals surface area (Å²) in [5, 5.41) is -2.10. The van der Waals surface area contributed by atoms with Gasteiger partial charge in [-0.3, -0.25) is 14.1 Å². The highest BCUT2D eigenvalue weighted by atomic mass is 32.2. The minimum atomic E-state index is -4.91. The molecule has 3 unspecified atom stereocenters. The van der Waals surface area contributed by atoms with Gasteiger partial charge in [0.2, 0.25) is 0 Å². The van der Waals surface area contributed by atoms with E-state index in [1.165, 1.54) is 174 Å². The Balaban J connectivity index is 3.89. The Morgan fingerprint density at radius 1 is 0.444 bits per heavy atom. The first-order valence-electron chi connectivity index (χ1n) is 22.7. The molecular formula is C44H86O9S. The molecule has 3 atom stereocenters. The van der Waals surface area contributed by atoms with Crippen molar-refractivity contribution in [2.24, 2.45) is 0 Å². The van der Waals surface area contributed by atoms with Crippen LogP contribution in [0.25, 0.3) is 0 Å². The summed E-state index contributed by atoms with van der Waals surface area (Å²) in [4.78, 5) is 25.0. The lowest BCUT2D eigenvalue weighted by Crippen LogP contribution is -2.37. The van der Waals surface area contributed by atoms with Gasteiger partial charge in [0.15, 0.2) is 17.8 Å². The molecule has 0 saturated carbocycles. The summed E-state index contributed by atoms with van der Waals surface area (Å²) in [6, 6.07) is 0. The maximum absolute atomic E-state index is 12.6. The van der Waals surface area contributed by atoms with E-state index < -0.39 is 46.3 Å². The lowest BCUT2D eigenvalue weighted by atomic mass is 10.0. The van der Waals surface area contributed by atoms with Crippen LogP contribution in [0.3, 0.4) is 0 Å². The van der Waals surface area contributed by atoms with Crippen LogP contribution in [0.4, 0.5) is 0 Å². The first-order valence-corrected chi connectivity index (χ1v) is 24.2. The van der Waals surface area contributed by atoms with Crippen LogP contribution in [-0.2, 0) is 38.7 Å². The van der Waals surface area contributed by atoms with Crippen LogP contribution in [0.15, 0.2) is 0 Å². The Bertz CT molecular complexity index is 942. The summed E-state index contributed by atoms with van der Waals surface area (Å²) in [6.07, 6.45) is 37.9. The molecule has 0 spiro atoms. The third-order valence-corrected chi connectivity index (χ3v) is 11.3. The van der Waals surface area contributed by atoms with Crippen molar-refractivity contribution in [1.29, 1.82) is 0 Å². The Labute approximate surface area is 333 Å². The first-order chi connectivity index (χ1) is 26.1. The van der Waals surface area contributed by atoms with Gasteiger partial charge in [-0.25, -0.2) is 0 Å². The number of hydrogen-bond acceptors (Lipinski definition) is 8. The van der Waals surface area contributed by atoms with Crippen molar-refractivity contribution in [3.8, 4) is 0 Å². The molecule has 9 nitrogen and oxygen atoms in total. The van der Waals surface area contributed by atoms with Gasteiger partial charge in [-0.1, -0.05) is 206 Å². The van der Waals surface area contributed by atoms with Crippen molar-refractivity contribution >= 4 is 22.1 Å². The van der Waals surface area contributed by atoms with Gasteiger partial charge in [0.25, 0.3) is 10.1 Å². The molecular weight excluding hydrogens is 705 g/mol. The molecule has 0 heterocycles. The molecule has 0 aliphatic heterocycles. The van der Waals surface area contributed by atoms with Gasteiger partial charge in [-0.2, -0.15) is 8.42 Å². The van der Waals surface area contributed by atoms with E-state index in [1.54, 1.807) is 6.92 Å². The highest BCUT2D eigenvalue weighted by molar-refractivity contribution is 7.87. The number of ether oxygens (including phenoxy) is 4. The van der Waals surface area contributed by atoms with Crippen molar-refractivity contribution in [3.63, 3.8) is 0 Å². The van der Waals surface area contributed by atoms with Crippen LogP contribution >= 0.6 is 0 Å². The highest BCUT2D eigenvalue weighted by Gasteiger charge is 2.37. The number of rotatable bonds is 42. The number of unbranched alkanes of at least 4 members (excludes halogenated alkanes) is 30. The van der Waals surface area contributed by atoms with Crippen LogP contribution in [0, 0.1) is 0 Å². The van der Waals surface area contributed by atoms with Crippen molar-refractivity contribution in [2.75, 3.05) is 13.2 Å². The summed E-state index contributed by atoms with van der Waals surface area (Å²) in [7, 11) is -4.91. The smallest absolute Gasteiger partial charge is 0.329 e.